The van der Waals surface area contributed by atoms with Crippen molar-refractivity contribution in [2.45, 2.75) is 43.4 Å². The highest BCUT2D eigenvalue weighted by Crippen LogP contribution is 2.31. The van der Waals surface area contributed by atoms with Crippen LogP contribution in [0.15, 0.2) is 12.7 Å². The zero-order chi connectivity index (χ0) is 20.4. The minimum Gasteiger partial charge on any atom is -0.481 e. The average molecular weight is 395 g/mol. The number of rotatable bonds is 7. The summed E-state index contributed by atoms with van der Waals surface area (Å²) >= 11 is 0. The second-order valence-electron chi connectivity index (χ2n) is 6.39. The molecule has 152 valence electrons. The second kappa shape index (κ2) is 8.02. The summed E-state index contributed by atoms with van der Waals surface area (Å²) in [5.41, 5.74) is 12.1. The average Bonchev–Trinajstić information content (AvgIpc) is 3.22. The van der Waals surface area contributed by atoms with E-state index in [9.17, 15) is 19.8 Å². The minimum absolute atomic E-state index is 0.0690. The van der Waals surface area contributed by atoms with Crippen molar-refractivity contribution in [3.8, 4) is 0 Å². The number of ether oxygens (including phenoxy) is 1. The first kappa shape index (κ1) is 19.9. The van der Waals surface area contributed by atoms with E-state index < -0.39 is 49.0 Å². The summed E-state index contributed by atoms with van der Waals surface area (Å²) in [5, 5.41) is 31.5. The fourth-order valence-electron chi connectivity index (χ4n) is 3.04. The van der Waals surface area contributed by atoms with E-state index in [0.717, 1.165) is 0 Å². The van der Waals surface area contributed by atoms with E-state index in [4.69, 9.17) is 21.3 Å². The van der Waals surface area contributed by atoms with Crippen LogP contribution in [0, 0.1) is 0 Å². The summed E-state index contributed by atoms with van der Waals surface area (Å²) in [7, 11) is 0. The van der Waals surface area contributed by atoms with Gasteiger partial charge in [-0.15, -0.1) is 0 Å². The van der Waals surface area contributed by atoms with Gasteiger partial charge in [-0.2, -0.15) is 0 Å². The maximum Gasteiger partial charge on any atom is 0.303 e. The van der Waals surface area contributed by atoms with Gasteiger partial charge in [0.15, 0.2) is 17.7 Å². The van der Waals surface area contributed by atoms with Gasteiger partial charge in [0, 0.05) is 6.42 Å². The Morgan fingerprint density at radius 3 is 2.79 bits per heavy atom. The number of carboxylic acids is 1. The predicted molar refractivity (Wildman–Crippen MR) is 93.5 cm³/mol. The molecule has 13 nitrogen and oxygen atoms in total. The van der Waals surface area contributed by atoms with Crippen LogP contribution in [-0.4, -0.2) is 77.6 Å². The predicted octanol–water partition coefficient (Wildman–Crippen LogP) is -2.66. The first-order valence-electron chi connectivity index (χ1n) is 8.48. The summed E-state index contributed by atoms with van der Waals surface area (Å²) in [6.07, 6.45) is -0.930. The van der Waals surface area contributed by atoms with Crippen LogP contribution in [0.3, 0.4) is 0 Å². The van der Waals surface area contributed by atoms with Crippen molar-refractivity contribution in [2.75, 3.05) is 12.3 Å². The van der Waals surface area contributed by atoms with Gasteiger partial charge in [0.25, 0.3) is 0 Å². The van der Waals surface area contributed by atoms with Gasteiger partial charge in [-0.3, -0.25) is 14.2 Å². The van der Waals surface area contributed by atoms with Crippen LogP contribution in [0.5, 0.6) is 0 Å². The largest absolute Gasteiger partial charge is 0.481 e. The normalized spacial score (nSPS) is 25.7. The summed E-state index contributed by atoms with van der Waals surface area (Å²) in [6, 6.07) is -2.06. The van der Waals surface area contributed by atoms with Crippen molar-refractivity contribution in [3.63, 3.8) is 0 Å². The van der Waals surface area contributed by atoms with Crippen molar-refractivity contribution in [2.24, 2.45) is 5.73 Å². The van der Waals surface area contributed by atoms with Gasteiger partial charge in [0.2, 0.25) is 5.91 Å². The number of aromatic nitrogens is 4. The molecule has 0 radical (unpaired) electrons. The summed E-state index contributed by atoms with van der Waals surface area (Å²) < 4.78 is 7.11. The van der Waals surface area contributed by atoms with E-state index in [1.165, 1.54) is 17.2 Å². The molecule has 1 aliphatic heterocycles. The molecule has 8 N–H and O–H groups in total. The molecule has 0 bridgehead atoms. The molecule has 0 saturated carbocycles. The lowest BCUT2D eigenvalue weighted by atomic mass is 10.1. The molecule has 0 aromatic carbocycles. The number of anilines is 1. The van der Waals surface area contributed by atoms with Crippen LogP contribution in [0.2, 0.25) is 0 Å². The molecular weight excluding hydrogens is 374 g/mol. The third-order valence-corrected chi connectivity index (χ3v) is 4.53. The van der Waals surface area contributed by atoms with E-state index in [2.05, 4.69) is 20.3 Å². The third kappa shape index (κ3) is 3.73. The fourth-order valence-corrected chi connectivity index (χ4v) is 3.04. The number of aliphatic hydroxyl groups is 2. The number of nitrogens with zero attached hydrogens (tertiary/aromatic N) is 4. The van der Waals surface area contributed by atoms with Crippen LogP contribution in [0.25, 0.3) is 11.2 Å². The Labute approximate surface area is 158 Å². The van der Waals surface area contributed by atoms with Gasteiger partial charge < -0.3 is 36.8 Å². The van der Waals surface area contributed by atoms with E-state index in [1.807, 2.05) is 0 Å². The van der Waals surface area contributed by atoms with Crippen LogP contribution < -0.4 is 16.8 Å². The highest BCUT2D eigenvalue weighted by molar-refractivity contribution is 5.83. The van der Waals surface area contributed by atoms with Gasteiger partial charge >= 0.3 is 5.97 Å². The smallest absolute Gasteiger partial charge is 0.303 e. The summed E-state index contributed by atoms with van der Waals surface area (Å²) in [4.78, 5) is 34.9. The molecule has 5 atom stereocenters. The maximum atomic E-state index is 12.2. The Bertz CT molecular complexity index is 874. The molecule has 3 heterocycles. The number of carbonyl (C=O) groups is 2. The van der Waals surface area contributed by atoms with Crippen molar-refractivity contribution in [1.82, 2.24) is 24.8 Å². The van der Waals surface area contributed by atoms with Crippen molar-refractivity contribution in [3.05, 3.63) is 12.7 Å². The monoisotopic (exact) mass is 395 g/mol. The molecule has 2 aromatic rings. The zero-order valence-corrected chi connectivity index (χ0v) is 14.7. The highest BCUT2D eigenvalue weighted by atomic mass is 16.5. The Morgan fingerprint density at radius 1 is 1.36 bits per heavy atom. The molecule has 0 spiro atoms. The SMILES string of the molecule is Nc1ncnc2c1ncn2[C@@H]1O[C@@H](CO)[C@@H](NC(=O)[C@H](N)CCC(=O)O)[C@H]1O. The van der Waals surface area contributed by atoms with Crippen LogP contribution >= 0.6 is 0 Å². The van der Waals surface area contributed by atoms with Crippen LogP contribution in [-0.2, 0) is 14.3 Å². The third-order valence-electron chi connectivity index (χ3n) is 4.53. The number of aliphatic hydroxyl groups excluding tert-OH is 2. The molecule has 13 heteroatoms. The quantitative estimate of drug-likeness (QED) is 0.284. The van der Waals surface area contributed by atoms with Crippen LogP contribution in [0.1, 0.15) is 19.1 Å². The number of nitrogens with two attached hydrogens (primary N) is 2. The molecule has 0 aliphatic carbocycles. The number of nitrogen functional groups attached to an aromatic ring is 1. The number of carbonyl (C=O) groups excluding carboxylic acids is 1. The molecule has 1 fully saturated rings. The standard InChI is InChI=1S/C15H21N7O6/c16-6(1-2-8(24)25)14(27)21-9-7(3-23)28-15(11(9)26)22-5-20-10-12(17)18-4-19-13(10)22/h4-7,9,11,15,23,26H,1-3,16H2,(H,21,27)(H,24,25)(H2,17,18,19)/t6-,7+,9-,11-,15-/m1/s1. The van der Waals surface area contributed by atoms with E-state index in [1.54, 1.807) is 0 Å². The number of amides is 1. The van der Waals surface area contributed by atoms with Gasteiger partial charge in [0.05, 0.1) is 25.0 Å². The van der Waals surface area contributed by atoms with E-state index >= 15 is 0 Å². The number of hydrogen-bond donors (Lipinski definition) is 6. The topological polar surface area (TPSA) is 212 Å². The molecule has 1 saturated heterocycles. The fraction of sp³-hybridized carbons (Fsp3) is 0.533. The molecule has 28 heavy (non-hydrogen) atoms. The minimum atomic E-state index is -1.26. The number of imidazole rings is 1. The molecule has 0 unspecified atom stereocenters. The second-order valence-corrected chi connectivity index (χ2v) is 6.39. The Hall–Kier alpha value is -2.87. The number of carboxylic acid groups (broad SMARTS) is 1. The lowest BCUT2D eigenvalue weighted by Crippen LogP contribution is -2.53. The Kier molecular flexibility index (Phi) is 5.69. The van der Waals surface area contributed by atoms with Gasteiger partial charge in [-0.1, -0.05) is 0 Å². The number of aliphatic carboxylic acids is 1. The lowest BCUT2D eigenvalue weighted by molar-refractivity contribution is -0.137. The Balaban J connectivity index is 1.77. The molecule has 2 aromatic heterocycles. The lowest BCUT2D eigenvalue weighted by Gasteiger charge is -2.22. The van der Waals surface area contributed by atoms with E-state index in [-0.39, 0.29) is 18.7 Å². The molecule has 3 rings (SSSR count). The molecule has 1 amide bonds. The van der Waals surface area contributed by atoms with Crippen molar-refractivity contribution in [1.29, 1.82) is 0 Å². The summed E-state index contributed by atoms with van der Waals surface area (Å²) in [6.45, 7) is -0.480. The van der Waals surface area contributed by atoms with Gasteiger partial charge in [0.1, 0.15) is 24.1 Å². The van der Waals surface area contributed by atoms with E-state index in [0.29, 0.717) is 11.2 Å². The van der Waals surface area contributed by atoms with Gasteiger partial charge in [-0.25, -0.2) is 15.0 Å². The Morgan fingerprint density at radius 2 is 2.11 bits per heavy atom. The first-order valence-corrected chi connectivity index (χ1v) is 8.48. The maximum absolute atomic E-state index is 12.2. The first-order chi connectivity index (χ1) is 13.3. The highest BCUT2D eigenvalue weighted by Gasteiger charge is 2.46. The molecular formula is C15H21N7O6. The number of nitrogens with one attached hydrogen (secondary N) is 1. The zero-order valence-electron chi connectivity index (χ0n) is 14.7. The summed E-state index contributed by atoms with van der Waals surface area (Å²) in [5.74, 6) is -1.58. The number of fused-ring (bicyclic) bond motifs is 1. The van der Waals surface area contributed by atoms with Crippen LogP contribution in [0.4, 0.5) is 5.82 Å². The van der Waals surface area contributed by atoms with Crippen molar-refractivity contribution < 1.29 is 29.6 Å². The molecule has 1 aliphatic rings. The van der Waals surface area contributed by atoms with Gasteiger partial charge in [-0.05, 0) is 6.42 Å². The number of hydrogen-bond acceptors (Lipinski definition) is 10. The van der Waals surface area contributed by atoms with Crippen molar-refractivity contribution >= 4 is 28.9 Å².